The van der Waals surface area contributed by atoms with Gasteiger partial charge in [0.2, 0.25) is 17.7 Å². The van der Waals surface area contributed by atoms with Crippen molar-refractivity contribution in [2.24, 2.45) is 5.73 Å². The summed E-state index contributed by atoms with van der Waals surface area (Å²) in [5.41, 5.74) is 7.63. The molecule has 14 heteroatoms. The zero-order chi connectivity index (χ0) is 29.8. The number of fused-ring (bicyclic) bond motifs is 1. The number of imidazole rings is 1. The first-order chi connectivity index (χ1) is 19.8. The molecule has 3 rings (SSSR count). The number of nitrogens with two attached hydrogens (primary N) is 1. The molecular formula is C27H36N8O5S. The van der Waals surface area contributed by atoms with Gasteiger partial charge in [-0.1, -0.05) is 25.1 Å². The molecule has 0 unspecified atom stereocenters. The van der Waals surface area contributed by atoms with E-state index >= 15 is 0 Å². The molecule has 3 atom stereocenters. The van der Waals surface area contributed by atoms with Gasteiger partial charge in [-0.25, -0.2) is 4.98 Å². The number of hydrogen-bond donors (Lipinski definition) is 8. The smallest absolute Gasteiger partial charge is 0.253 e. The Balaban J connectivity index is 1.76. The number of carbonyl (C=O) groups excluding carboxylic acids is 4. The number of aromatic nitrogens is 3. The van der Waals surface area contributed by atoms with Gasteiger partial charge in [0, 0.05) is 36.0 Å². The molecule has 220 valence electrons. The van der Waals surface area contributed by atoms with Gasteiger partial charge in [0.15, 0.2) is 0 Å². The molecule has 0 bridgehead atoms. The summed E-state index contributed by atoms with van der Waals surface area (Å²) in [5.74, 6) is -2.50. The van der Waals surface area contributed by atoms with Gasteiger partial charge in [-0.2, -0.15) is 12.6 Å². The van der Waals surface area contributed by atoms with Gasteiger partial charge in [0.25, 0.3) is 5.91 Å². The quantitative estimate of drug-likeness (QED) is 0.0838. The van der Waals surface area contributed by atoms with Crippen LogP contribution in [0.1, 0.15) is 35.1 Å². The third-order valence-corrected chi connectivity index (χ3v) is 6.66. The van der Waals surface area contributed by atoms with Crippen LogP contribution in [0, 0.1) is 0 Å². The molecule has 2 aromatic heterocycles. The molecule has 41 heavy (non-hydrogen) atoms. The Bertz CT molecular complexity index is 1340. The van der Waals surface area contributed by atoms with Crippen molar-refractivity contribution >= 4 is 47.2 Å². The van der Waals surface area contributed by atoms with Crippen LogP contribution < -0.4 is 27.0 Å². The highest BCUT2D eigenvalue weighted by Gasteiger charge is 2.30. The summed E-state index contributed by atoms with van der Waals surface area (Å²) >= 11 is 4.12. The van der Waals surface area contributed by atoms with Crippen molar-refractivity contribution in [3.8, 4) is 0 Å². The summed E-state index contributed by atoms with van der Waals surface area (Å²) < 4.78 is 0. The Hall–Kier alpha value is -4.01. The Morgan fingerprint density at radius 3 is 2.44 bits per heavy atom. The second-order valence-electron chi connectivity index (χ2n) is 9.26. The largest absolute Gasteiger partial charge is 0.394 e. The number of aliphatic hydroxyl groups is 1. The molecule has 4 amide bonds. The van der Waals surface area contributed by atoms with E-state index in [1.807, 2.05) is 31.2 Å². The van der Waals surface area contributed by atoms with Crippen LogP contribution in [0.25, 0.3) is 10.9 Å². The van der Waals surface area contributed by atoms with E-state index in [2.05, 4.69) is 48.8 Å². The number of pyridine rings is 1. The number of rotatable bonds is 15. The van der Waals surface area contributed by atoms with Crippen molar-refractivity contribution in [1.82, 2.24) is 36.2 Å². The molecule has 0 aliphatic rings. The number of carbonyl (C=O) groups is 4. The average Bonchev–Trinajstić information content (AvgIpc) is 3.50. The van der Waals surface area contributed by atoms with Crippen LogP contribution in [0.5, 0.6) is 0 Å². The molecular weight excluding hydrogens is 548 g/mol. The van der Waals surface area contributed by atoms with Gasteiger partial charge in [0.05, 0.1) is 29.7 Å². The topological polar surface area (TPSA) is 204 Å². The standard InChI is InChI=1S/C27H36N8O5S/c1-2-19-18(10-16-6-3-4-7-20(16)32-19)24(37)33-21(11-17-12-29-15-31-17)26(39)34-22(13-36)27(40)35-23(14-41)25(38)30-9-5-8-28/h3-4,6-7,10,12,15,21-23,36,41H,2,5,8-9,11,13-14,28H2,1H3,(H,29,31)(H,30,38)(H,33,37)(H,34,39)(H,35,40)/t21-,22-,23-/m0/s1. The van der Waals surface area contributed by atoms with Gasteiger partial charge < -0.3 is 37.1 Å². The zero-order valence-electron chi connectivity index (χ0n) is 22.7. The number of H-pyrrole nitrogens is 1. The number of aliphatic hydroxyl groups excluding tert-OH is 1. The molecule has 3 aromatic rings. The van der Waals surface area contributed by atoms with E-state index in [9.17, 15) is 24.3 Å². The lowest BCUT2D eigenvalue weighted by Gasteiger charge is -2.24. The van der Waals surface area contributed by atoms with Crippen molar-refractivity contribution in [2.45, 2.75) is 44.3 Å². The number of nitrogens with one attached hydrogen (secondary N) is 5. The third-order valence-electron chi connectivity index (χ3n) is 6.29. The molecule has 8 N–H and O–H groups in total. The molecule has 0 spiro atoms. The fourth-order valence-corrected chi connectivity index (χ4v) is 4.31. The Kier molecular flexibility index (Phi) is 12.1. The van der Waals surface area contributed by atoms with Crippen LogP contribution >= 0.6 is 12.6 Å². The highest BCUT2D eigenvalue weighted by atomic mass is 32.1. The lowest BCUT2D eigenvalue weighted by atomic mass is 10.0. The van der Waals surface area contributed by atoms with Gasteiger partial charge in [-0.15, -0.1) is 0 Å². The lowest BCUT2D eigenvalue weighted by Crippen LogP contribution is -2.58. The molecule has 1 aromatic carbocycles. The first-order valence-electron chi connectivity index (χ1n) is 13.3. The van der Waals surface area contributed by atoms with E-state index in [0.29, 0.717) is 42.9 Å². The van der Waals surface area contributed by atoms with Crippen molar-refractivity contribution in [2.75, 3.05) is 25.4 Å². The molecule has 0 saturated heterocycles. The van der Waals surface area contributed by atoms with E-state index in [-0.39, 0.29) is 12.2 Å². The van der Waals surface area contributed by atoms with Gasteiger partial charge in [-0.3, -0.25) is 24.2 Å². The van der Waals surface area contributed by atoms with E-state index in [0.717, 1.165) is 10.9 Å². The maximum atomic E-state index is 13.4. The van der Waals surface area contributed by atoms with E-state index in [1.165, 1.54) is 12.5 Å². The minimum atomic E-state index is -1.39. The van der Waals surface area contributed by atoms with Crippen LogP contribution in [0.3, 0.4) is 0 Å². The van der Waals surface area contributed by atoms with Crippen LogP contribution in [0.4, 0.5) is 0 Å². The van der Waals surface area contributed by atoms with Crippen molar-refractivity contribution in [3.05, 3.63) is 59.8 Å². The monoisotopic (exact) mass is 584 g/mol. The number of aromatic amines is 1. The summed E-state index contributed by atoms with van der Waals surface area (Å²) in [6, 6.07) is 5.59. The number of para-hydroxylation sites is 1. The number of benzene rings is 1. The average molecular weight is 585 g/mol. The molecule has 0 aliphatic heterocycles. The summed E-state index contributed by atoms with van der Waals surface area (Å²) in [7, 11) is 0. The maximum Gasteiger partial charge on any atom is 0.253 e. The summed E-state index contributed by atoms with van der Waals surface area (Å²) in [4.78, 5) is 63.5. The van der Waals surface area contributed by atoms with Crippen molar-refractivity contribution in [3.63, 3.8) is 0 Å². The molecule has 13 nitrogen and oxygen atoms in total. The highest BCUT2D eigenvalue weighted by molar-refractivity contribution is 7.80. The lowest BCUT2D eigenvalue weighted by molar-refractivity contribution is -0.133. The highest BCUT2D eigenvalue weighted by Crippen LogP contribution is 2.18. The zero-order valence-corrected chi connectivity index (χ0v) is 23.6. The Morgan fingerprint density at radius 1 is 1.05 bits per heavy atom. The minimum Gasteiger partial charge on any atom is -0.394 e. The Labute approximate surface area is 242 Å². The van der Waals surface area contributed by atoms with Gasteiger partial charge >= 0.3 is 0 Å². The van der Waals surface area contributed by atoms with E-state index in [4.69, 9.17) is 5.73 Å². The van der Waals surface area contributed by atoms with Gasteiger partial charge in [-0.05, 0) is 31.5 Å². The number of aryl methyl sites for hydroxylation is 1. The minimum absolute atomic E-state index is 0.00957. The van der Waals surface area contributed by atoms with Crippen LogP contribution in [-0.4, -0.2) is 87.3 Å². The Morgan fingerprint density at radius 2 is 1.78 bits per heavy atom. The normalized spacial score (nSPS) is 13.2. The fraction of sp³-hybridized carbons (Fsp3) is 0.407. The van der Waals surface area contributed by atoms with Crippen molar-refractivity contribution < 1.29 is 24.3 Å². The molecule has 0 radical (unpaired) electrons. The number of nitrogens with zero attached hydrogens (tertiary/aromatic N) is 2. The first-order valence-corrected chi connectivity index (χ1v) is 13.9. The molecule has 0 saturated carbocycles. The molecule has 0 aliphatic carbocycles. The summed E-state index contributed by atoms with van der Waals surface area (Å²) in [5, 5.41) is 21.0. The third kappa shape index (κ3) is 8.74. The second kappa shape index (κ2) is 15.7. The molecule has 0 fully saturated rings. The first kappa shape index (κ1) is 31.5. The second-order valence-corrected chi connectivity index (χ2v) is 9.62. The maximum absolute atomic E-state index is 13.4. The SMILES string of the molecule is CCc1nc2ccccc2cc1C(=O)N[C@@H](Cc1cnc[nH]1)C(=O)N[C@@H](CO)C(=O)N[C@@H](CS)C(=O)NCCCN. The van der Waals surface area contributed by atoms with E-state index < -0.39 is 48.4 Å². The number of hydrogen-bond acceptors (Lipinski definition) is 9. The fourth-order valence-electron chi connectivity index (χ4n) is 4.05. The predicted molar refractivity (Wildman–Crippen MR) is 156 cm³/mol. The summed E-state index contributed by atoms with van der Waals surface area (Å²) in [6.07, 6.45) is 4.03. The van der Waals surface area contributed by atoms with Crippen LogP contribution in [0.2, 0.25) is 0 Å². The van der Waals surface area contributed by atoms with Crippen LogP contribution in [0.15, 0.2) is 42.9 Å². The predicted octanol–water partition coefficient (Wildman–Crippen LogP) is -0.782. The van der Waals surface area contributed by atoms with Gasteiger partial charge in [0.1, 0.15) is 18.1 Å². The van der Waals surface area contributed by atoms with Crippen molar-refractivity contribution in [1.29, 1.82) is 0 Å². The number of amides is 4. The molecule has 2 heterocycles. The summed E-state index contributed by atoms with van der Waals surface area (Å²) in [6.45, 7) is 1.86. The van der Waals surface area contributed by atoms with Crippen LogP contribution in [-0.2, 0) is 27.2 Å². The van der Waals surface area contributed by atoms with E-state index in [1.54, 1.807) is 6.07 Å². The number of thiol groups is 1.